The van der Waals surface area contributed by atoms with Crippen LogP contribution >= 0.6 is 0 Å². The molecular weight excluding hydrogens is 313 g/mol. The number of para-hydroxylation sites is 2. The second-order valence-corrected chi connectivity index (χ2v) is 5.10. The van der Waals surface area contributed by atoms with Crippen molar-refractivity contribution < 1.29 is 14.6 Å². The molecule has 1 radical (unpaired) electrons. The van der Waals surface area contributed by atoms with Gasteiger partial charge in [0.05, 0.1) is 17.9 Å². The van der Waals surface area contributed by atoms with E-state index in [0.29, 0.717) is 18.0 Å². The maximum atomic E-state index is 12.5. The van der Waals surface area contributed by atoms with Gasteiger partial charge in [-0.3, -0.25) is 4.79 Å². The first kappa shape index (κ1) is 18.3. The number of amides is 1. The van der Waals surface area contributed by atoms with E-state index >= 15 is 0 Å². The van der Waals surface area contributed by atoms with E-state index < -0.39 is 0 Å². The zero-order chi connectivity index (χ0) is 16.2. The number of benzene rings is 3. The smallest absolute Gasteiger partial charge is 0.259 e. The van der Waals surface area contributed by atoms with E-state index in [2.05, 4.69) is 5.32 Å². The monoisotopic (exact) mass is 330 g/mol. The number of aromatic hydroxyl groups is 1. The third-order valence-corrected chi connectivity index (χ3v) is 3.54. The molecular formula is C19H17NNaO3. The molecule has 0 aromatic heterocycles. The van der Waals surface area contributed by atoms with Crippen LogP contribution in [0.4, 0.5) is 5.69 Å². The van der Waals surface area contributed by atoms with Crippen LogP contribution in [-0.2, 0) is 0 Å². The van der Waals surface area contributed by atoms with Crippen LogP contribution in [0.15, 0.2) is 60.7 Å². The van der Waals surface area contributed by atoms with E-state index in [0.717, 1.165) is 10.8 Å². The van der Waals surface area contributed by atoms with E-state index in [9.17, 15) is 9.90 Å². The second kappa shape index (κ2) is 8.20. The van der Waals surface area contributed by atoms with Crippen LogP contribution in [0.25, 0.3) is 10.8 Å². The van der Waals surface area contributed by atoms with Gasteiger partial charge in [-0.1, -0.05) is 36.4 Å². The number of anilines is 1. The minimum atomic E-state index is -0.375. The largest absolute Gasteiger partial charge is 0.507 e. The number of ether oxygens (including phenoxy) is 1. The van der Waals surface area contributed by atoms with Crippen LogP contribution in [0.5, 0.6) is 11.5 Å². The predicted octanol–water partition coefficient (Wildman–Crippen LogP) is 3.82. The molecule has 3 aromatic rings. The van der Waals surface area contributed by atoms with Crippen molar-refractivity contribution in [3.63, 3.8) is 0 Å². The molecule has 5 heteroatoms. The Kier molecular flexibility index (Phi) is 6.26. The van der Waals surface area contributed by atoms with Gasteiger partial charge in [0.15, 0.2) is 0 Å². The fourth-order valence-corrected chi connectivity index (χ4v) is 2.45. The zero-order valence-corrected chi connectivity index (χ0v) is 15.7. The zero-order valence-electron chi connectivity index (χ0n) is 13.7. The molecule has 4 nitrogen and oxygen atoms in total. The van der Waals surface area contributed by atoms with Crippen molar-refractivity contribution in [2.75, 3.05) is 11.9 Å². The van der Waals surface area contributed by atoms with Gasteiger partial charge in [0.1, 0.15) is 11.5 Å². The number of carbonyl (C=O) groups is 1. The standard InChI is InChI=1S/C19H17NO3.Na/c1-2-23-18-10-6-5-9-16(18)20-19(22)15-11-13-7-3-4-8-14(13)12-17(15)21;/h3-12,21H,2H2,1H3,(H,20,22);. The molecule has 0 saturated carbocycles. The van der Waals surface area contributed by atoms with Gasteiger partial charge in [-0.2, -0.15) is 0 Å². The molecule has 0 atom stereocenters. The SMILES string of the molecule is CCOc1ccccc1NC(=O)c1cc2ccccc2cc1O.[Na]. The number of carbonyl (C=O) groups excluding carboxylic acids is 1. The molecule has 3 aromatic carbocycles. The summed E-state index contributed by atoms with van der Waals surface area (Å²) in [5.41, 5.74) is 0.807. The van der Waals surface area contributed by atoms with E-state index in [1.54, 1.807) is 24.3 Å². The van der Waals surface area contributed by atoms with Gasteiger partial charge in [-0.05, 0) is 42.0 Å². The summed E-state index contributed by atoms with van der Waals surface area (Å²) >= 11 is 0. The van der Waals surface area contributed by atoms with Crippen molar-refractivity contribution in [2.24, 2.45) is 0 Å². The van der Waals surface area contributed by atoms with Gasteiger partial charge in [0, 0.05) is 29.6 Å². The summed E-state index contributed by atoms with van der Waals surface area (Å²) in [4.78, 5) is 12.5. The van der Waals surface area contributed by atoms with Crippen molar-refractivity contribution in [1.29, 1.82) is 0 Å². The maximum Gasteiger partial charge on any atom is 0.259 e. The summed E-state index contributed by atoms with van der Waals surface area (Å²) < 4.78 is 5.50. The molecule has 3 rings (SSSR count). The van der Waals surface area contributed by atoms with Crippen molar-refractivity contribution in [2.45, 2.75) is 6.92 Å². The van der Waals surface area contributed by atoms with Crippen LogP contribution in [0.3, 0.4) is 0 Å². The van der Waals surface area contributed by atoms with Crippen molar-refractivity contribution in [3.8, 4) is 11.5 Å². The number of nitrogens with one attached hydrogen (secondary N) is 1. The molecule has 117 valence electrons. The van der Waals surface area contributed by atoms with E-state index in [1.165, 1.54) is 0 Å². The summed E-state index contributed by atoms with van der Waals surface area (Å²) in [7, 11) is 0. The minimum Gasteiger partial charge on any atom is -0.507 e. The Morgan fingerprint density at radius 2 is 1.67 bits per heavy atom. The molecule has 0 aliphatic rings. The quantitative estimate of drug-likeness (QED) is 0.715. The number of hydrogen-bond donors (Lipinski definition) is 2. The number of fused-ring (bicyclic) bond motifs is 1. The van der Waals surface area contributed by atoms with E-state index in [4.69, 9.17) is 4.74 Å². The van der Waals surface area contributed by atoms with Crippen molar-refractivity contribution >= 4 is 51.9 Å². The fraction of sp³-hybridized carbons (Fsp3) is 0.105. The van der Waals surface area contributed by atoms with Gasteiger partial charge in [-0.15, -0.1) is 0 Å². The van der Waals surface area contributed by atoms with Gasteiger partial charge < -0.3 is 15.2 Å². The number of rotatable bonds is 4. The van der Waals surface area contributed by atoms with E-state index in [1.807, 2.05) is 43.3 Å². The van der Waals surface area contributed by atoms with Crippen molar-refractivity contribution in [1.82, 2.24) is 0 Å². The molecule has 0 saturated heterocycles. The third kappa shape index (κ3) is 3.90. The molecule has 0 aliphatic heterocycles. The Hall–Kier alpha value is -2.01. The summed E-state index contributed by atoms with van der Waals surface area (Å²) in [6.45, 7) is 2.39. The number of phenolic OH excluding ortho intramolecular Hbond substituents is 1. The van der Waals surface area contributed by atoms with Gasteiger partial charge in [0.25, 0.3) is 5.91 Å². The number of hydrogen-bond acceptors (Lipinski definition) is 3. The summed E-state index contributed by atoms with van der Waals surface area (Å²) in [6, 6.07) is 18.1. The predicted molar refractivity (Wildman–Crippen MR) is 96.9 cm³/mol. The van der Waals surface area contributed by atoms with Crippen LogP contribution in [0.2, 0.25) is 0 Å². The van der Waals surface area contributed by atoms with Crippen LogP contribution in [0.1, 0.15) is 17.3 Å². The fourth-order valence-electron chi connectivity index (χ4n) is 2.45. The third-order valence-electron chi connectivity index (χ3n) is 3.54. The second-order valence-electron chi connectivity index (χ2n) is 5.10. The van der Waals surface area contributed by atoms with Crippen LogP contribution in [0, 0.1) is 0 Å². The average molecular weight is 330 g/mol. The Morgan fingerprint density at radius 1 is 1.04 bits per heavy atom. The molecule has 0 heterocycles. The van der Waals surface area contributed by atoms with Gasteiger partial charge in [0.2, 0.25) is 0 Å². The van der Waals surface area contributed by atoms with E-state index in [-0.39, 0.29) is 46.8 Å². The molecule has 0 bridgehead atoms. The first-order chi connectivity index (χ1) is 11.2. The number of phenols is 1. The van der Waals surface area contributed by atoms with Crippen LogP contribution in [-0.4, -0.2) is 47.2 Å². The minimum absolute atomic E-state index is 0. The Labute approximate surface area is 162 Å². The molecule has 1 amide bonds. The van der Waals surface area contributed by atoms with Gasteiger partial charge >= 0.3 is 0 Å². The molecule has 0 unspecified atom stereocenters. The Morgan fingerprint density at radius 3 is 2.38 bits per heavy atom. The topological polar surface area (TPSA) is 58.6 Å². The molecule has 0 aliphatic carbocycles. The normalized spacial score (nSPS) is 10.0. The first-order valence-corrected chi connectivity index (χ1v) is 7.44. The van der Waals surface area contributed by atoms with Crippen molar-refractivity contribution in [3.05, 3.63) is 66.2 Å². The Bertz CT molecular complexity index is 864. The Balaban J connectivity index is 0.00000208. The first-order valence-electron chi connectivity index (χ1n) is 7.44. The summed E-state index contributed by atoms with van der Waals surface area (Å²) in [5.74, 6) is 0.180. The summed E-state index contributed by atoms with van der Waals surface area (Å²) in [5, 5.41) is 14.7. The summed E-state index contributed by atoms with van der Waals surface area (Å²) in [6.07, 6.45) is 0. The van der Waals surface area contributed by atoms with Gasteiger partial charge in [-0.25, -0.2) is 0 Å². The maximum absolute atomic E-state index is 12.5. The molecule has 2 N–H and O–H groups in total. The average Bonchev–Trinajstić information content (AvgIpc) is 2.56. The molecule has 0 fully saturated rings. The van der Waals surface area contributed by atoms with Crippen LogP contribution < -0.4 is 10.1 Å². The molecule has 24 heavy (non-hydrogen) atoms. The molecule has 0 spiro atoms.